The molecule has 0 saturated carbocycles. The summed E-state index contributed by atoms with van der Waals surface area (Å²) in [6.07, 6.45) is 3.30. The lowest BCUT2D eigenvalue weighted by Crippen LogP contribution is -2.48. The first-order chi connectivity index (χ1) is 19.3. The number of hydrogen-bond donors (Lipinski definition) is 1. The third-order valence-electron chi connectivity index (χ3n) is 7.29. The monoisotopic (exact) mass is 579 g/mol. The van der Waals surface area contributed by atoms with Crippen molar-refractivity contribution in [3.63, 3.8) is 0 Å². The van der Waals surface area contributed by atoms with Gasteiger partial charge in [-0.2, -0.15) is 5.26 Å². The molecule has 1 fully saturated rings. The number of halogens is 2. The molecule has 4 aromatic rings. The molecule has 10 heteroatoms. The van der Waals surface area contributed by atoms with Crippen LogP contribution in [0.3, 0.4) is 0 Å². The number of rotatable bonds is 8. The van der Waals surface area contributed by atoms with Gasteiger partial charge in [0.15, 0.2) is 0 Å². The standard InChI is InChI=1S/C30H31Cl2N5O3/c1-18(2)37-7-5-36(6-8-37)16-21-9-19(17-40-21)22-10-26-23(11-28(22)38-3)30(20(14-33)15-34-26)35-27-13-29(39-4)25(32)12-24(27)31/h9-13,15,17-18H,5-8,16H2,1-4H3,(H,34,35). The van der Waals surface area contributed by atoms with Crippen molar-refractivity contribution >= 4 is 45.5 Å². The van der Waals surface area contributed by atoms with Crippen molar-refractivity contribution in [2.24, 2.45) is 0 Å². The van der Waals surface area contributed by atoms with Gasteiger partial charge in [0, 0.05) is 61.0 Å². The molecule has 0 aliphatic carbocycles. The van der Waals surface area contributed by atoms with Crippen molar-refractivity contribution in [3.05, 3.63) is 64.2 Å². The van der Waals surface area contributed by atoms with Crippen molar-refractivity contribution in [1.29, 1.82) is 5.26 Å². The number of anilines is 2. The second-order valence-corrected chi connectivity index (χ2v) is 10.8. The van der Waals surface area contributed by atoms with Crippen molar-refractivity contribution in [2.75, 3.05) is 45.7 Å². The minimum atomic E-state index is 0.357. The van der Waals surface area contributed by atoms with E-state index in [2.05, 4.69) is 46.1 Å². The topological polar surface area (TPSA) is 86.8 Å². The van der Waals surface area contributed by atoms with Gasteiger partial charge in [-0.3, -0.25) is 14.8 Å². The minimum Gasteiger partial charge on any atom is -0.496 e. The highest BCUT2D eigenvalue weighted by molar-refractivity contribution is 6.37. The smallest absolute Gasteiger partial charge is 0.139 e. The third kappa shape index (κ3) is 5.70. The van der Waals surface area contributed by atoms with Gasteiger partial charge >= 0.3 is 0 Å². The number of nitrogens with zero attached hydrogens (tertiary/aromatic N) is 4. The average Bonchev–Trinajstić information content (AvgIpc) is 3.42. The van der Waals surface area contributed by atoms with E-state index in [0.29, 0.717) is 55.4 Å². The molecule has 40 heavy (non-hydrogen) atoms. The van der Waals surface area contributed by atoms with E-state index in [-0.39, 0.29) is 0 Å². The highest BCUT2D eigenvalue weighted by Gasteiger charge is 2.21. The van der Waals surface area contributed by atoms with Crippen LogP contribution in [0.15, 0.2) is 47.2 Å². The van der Waals surface area contributed by atoms with Crippen LogP contribution in [0.25, 0.3) is 22.0 Å². The molecular weight excluding hydrogens is 549 g/mol. The molecule has 8 nitrogen and oxygen atoms in total. The van der Waals surface area contributed by atoms with E-state index in [0.717, 1.165) is 49.6 Å². The summed E-state index contributed by atoms with van der Waals surface area (Å²) in [6.45, 7) is 9.38. The number of aromatic nitrogens is 1. The first kappa shape index (κ1) is 28.1. The lowest BCUT2D eigenvalue weighted by atomic mass is 10.0. The zero-order valence-electron chi connectivity index (χ0n) is 22.9. The number of pyridine rings is 1. The van der Waals surface area contributed by atoms with Gasteiger partial charge < -0.3 is 19.2 Å². The zero-order valence-corrected chi connectivity index (χ0v) is 24.4. The van der Waals surface area contributed by atoms with Gasteiger partial charge in [-0.15, -0.1) is 0 Å². The Morgan fingerprint density at radius 1 is 1.02 bits per heavy atom. The summed E-state index contributed by atoms with van der Waals surface area (Å²) in [6, 6.07) is 11.9. The minimum absolute atomic E-state index is 0.357. The fraction of sp³-hybridized carbons (Fsp3) is 0.333. The van der Waals surface area contributed by atoms with Crippen LogP contribution in [0, 0.1) is 11.3 Å². The van der Waals surface area contributed by atoms with E-state index in [1.165, 1.54) is 7.11 Å². The highest BCUT2D eigenvalue weighted by Crippen LogP contribution is 2.41. The molecule has 1 saturated heterocycles. The number of ether oxygens (including phenoxy) is 2. The Labute approximate surface area is 244 Å². The average molecular weight is 581 g/mol. The maximum atomic E-state index is 9.85. The van der Waals surface area contributed by atoms with Crippen LogP contribution < -0.4 is 14.8 Å². The van der Waals surface area contributed by atoms with Gasteiger partial charge in [0.2, 0.25) is 0 Å². The van der Waals surface area contributed by atoms with Crippen molar-refractivity contribution in [3.8, 4) is 28.7 Å². The Kier molecular flexibility index (Phi) is 8.38. The van der Waals surface area contributed by atoms with E-state index in [1.807, 2.05) is 12.1 Å². The largest absolute Gasteiger partial charge is 0.496 e. The molecule has 3 heterocycles. The molecule has 0 radical (unpaired) electrons. The molecule has 0 bridgehead atoms. The molecule has 2 aromatic carbocycles. The fourth-order valence-corrected chi connectivity index (χ4v) is 5.52. The molecule has 208 valence electrons. The lowest BCUT2D eigenvalue weighted by molar-refractivity contribution is 0.0991. The Morgan fingerprint density at radius 3 is 2.45 bits per heavy atom. The van der Waals surface area contributed by atoms with Gasteiger partial charge in [-0.1, -0.05) is 23.2 Å². The van der Waals surface area contributed by atoms with Gasteiger partial charge in [0.05, 0.1) is 59.5 Å². The highest BCUT2D eigenvalue weighted by atomic mass is 35.5. The Balaban J connectivity index is 1.47. The number of nitrogens with one attached hydrogen (secondary N) is 1. The predicted octanol–water partition coefficient (Wildman–Crippen LogP) is 6.96. The molecule has 2 aromatic heterocycles. The molecule has 1 aliphatic rings. The number of methoxy groups -OCH3 is 2. The van der Waals surface area contributed by atoms with Crippen molar-refractivity contribution in [2.45, 2.75) is 26.4 Å². The number of benzene rings is 2. The van der Waals surface area contributed by atoms with Gasteiger partial charge in [-0.05, 0) is 38.1 Å². The van der Waals surface area contributed by atoms with E-state index >= 15 is 0 Å². The zero-order chi connectivity index (χ0) is 28.4. The van der Waals surface area contributed by atoms with E-state index in [9.17, 15) is 5.26 Å². The molecule has 0 atom stereocenters. The van der Waals surface area contributed by atoms with E-state index < -0.39 is 0 Å². The summed E-state index contributed by atoms with van der Waals surface area (Å²) in [5.74, 6) is 1.99. The summed E-state index contributed by atoms with van der Waals surface area (Å²) in [5.41, 5.74) is 3.89. The summed E-state index contributed by atoms with van der Waals surface area (Å²) in [4.78, 5) is 9.48. The van der Waals surface area contributed by atoms with Crippen LogP contribution in [0.5, 0.6) is 11.5 Å². The van der Waals surface area contributed by atoms with E-state index in [4.69, 9.17) is 37.1 Å². The van der Waals surface area contributed by atoms with Crippen LogP contribution >= 0.6 is 23.2 Å². The third-order valence-corrected chi connectivity index (χ3v) is 7.90. The molecule has 5 rings (SSSR count). The Morgan fingerprint density at radius 2 is 1.77 bits per heavy atom. The molecule has 1 aliphatic heterocycles. The van der Waals surface area contributed by atoms with Crippen LogP contribution in [-0.2, 0) is 6.54 Å². The van der Waals surface area contributed by atoms with Crippen LogP contribution in [0.2, 0.25) is 10.0 Å². The number of nitriles is 1. The van der Waals surface area contributed by atoms with Gasteiger partial charge in [-0.25, -0.2) is 0 Å². The van der Waals surface area contributed by atoms with Crippen molar-refractivity contribution in [1.82, 2.24) is 14.8 Å². The molecule has 0 amide bonds. The first-order valence-electron chi connectivity index (χ1n) is 13.1. The maximum Gasteiger partial charge on any atom is 0.139 e. The number of fused-ring (bicyclic) bond motifs is 1. The predicted molar refractivity (Wildman–Crippen MR) is 159 cm³/mol. The fourth-order valence-electron chi connectivity index (χ4n) is 5.01. The molecular formula is C30H31Cl2N5O3. The number of piperazine rings is 1. The summed E-state index contributed by atoms with van der Waals surface area (Å²) >= 11 is 12.7. The lowest BCUT2D eigenvalue weighted by Gasteiger charge is -2.36. The van der Waals surface area contributed by atoms with E-state index in [1.54, 1.807) is 31.7 Å². The normalized spacial score (nSPS) is 14.4. The molecule has 0 spiro atoms. The molecule has 0 unspecified atom stereocenters. The first-order valence-corrected chi connectivity index (χ1v) is 13.8. The number of hydrogen-bond acceptors (Lipinski definition) is 8. The summed E-state index contributed by atoms with van der Waals surface area (Å²) in [7, 11) is 3.15. The number of furan rings is 1. The van der Waals surface area contributed by atoms with Crippen LogP contribution in [0.1, 0.15) is 25.2 Å². The van der Waals surface area contributed by atoms with Crippen molar-refractivity contribution < 1.29 is 13.9 Å². The SMILES string of the molecule is COc1cc(Nc2c(C#N)cnc3cc(-c4coc(CN5CCN(C(C)C)CC5)c4)c(OC)cc23)c(Cl)cc1Cl. The summed E-state index contributed by atoms with van der Waals surface area (Å²) in [5, 5.41) is 14.6. The molecule has 1 N–H and O–H groups in total. The summed E-state index contributed by atoms with van der Waals surface area (Å²) < 4.78 is 17.1. The Hall–Kier alpha value is -3.48. The van der Waals surface area contributed by atoms with Crippen LogP contribution in [0.4, 0.5) is 11.4 Å². The Bertz CT molecular complexity index is 1570. The second kappa shape index (κ2) is 11.9. The van der Waals surface area contributed by atoms with Gasteiger partial charge in [0.1, 0.15) is 23.3 Å². The maximum absolute atomic E-state index is 9.85. The van der Waals surface area contributed by atoms with Crippen LogP contribution in [-0.4, -0.2) is 61.2 Å². The van der Waals surface area contributed by atoms with Gasteiger partial charge in [0.25, 0.3) is 0 Å². The quantitative estimate of drug-likeness (QED) is 0.239. The second-order valence-electron chi connectivity index (χ2n) is 10.0.